The van der Waals surface area contributed by atoms with Crippen molar-refractivity contribution < 1.29 is 9.26 Å². The van der Waals surface area contributed by atoms with Gasteiger partial charge in [0.15, 0.2) is 5.76 Å². The Morgan fingerprint density at radius 1 is 1.47 bits per heavy atom. The van der Waals surface area contributed by atoms with Crippen LogP contribution in [0.4, 0.5) is 0 Å². The van der Waals surface area contributed by atoms with E-state index in [0.29, 0.717) is 6.61 Å². The molecule has 0 aliphatic rings. The van der Waals surface area contributed by atoms with Gasteiger partial charge in [-0.1, -0.05) is 25.9 Å². The molecule has 4 nitrogen and oxygen atoms in total. The lowest BCUT2D eigenvalue weighted by atomic mass is 10.1. The zero-order valence-corrected chi connectivity index (χ0v) is 11.2. The molecular weight excluding hydrogens is 216 g/mol. The van der Waals surface area contributed by atoms with Crippen molar-refractivity contribution >= 4 is 0 Å². The Bertz CT molecular complexity index is 297. The fourth-order valence-electron chi connectivity index (χ4n) is 1.53. The van der Waals surface area contributed by atoms with Gasteiger partial charge >= 0.3 is 0 Å². The van der Waals surface area contributed by atoms with Crippen LogP contribution in [0.15, 0.2) is 10.6 Å². The molecule has 0 aliphatic heterocycles. The molecule has 1 aromatic rings. The SMILES string of the molecule is CCNCc1cc(COCCCC(C)C)on1. The molecule has 0 saturated carbocycles. The predicted octanol–water partition coefficient (Wildman–Crippen LogP) is 2.74. The zero-order valence-electron chi connectivity index (χ0n) is 11.2. The molecule has 0 spiro atoms. The van der Waals surface area contributed by atoms with Crippen LogP contribution in [0.1, 0.15) is 45.1 Å². The van der Waals surface area contributed by atoms with Crippen molar-refractivity contribution in [3.63, 3.8) is 0 Å². The second-order valence-corrected chi connectivity index (χ2v) is 4.65. The third-order valence-electron chi connectivity index (χ3n) is 2.48. The van der Waals surface area contributed by atoms with Gasteiger partial charge in [-0.3, -0.25) is 0 Å². The molecule has 0 amide bonds. The van der Waals surface area contributed by atoms with Gasteiger partial charge in [-0.15, -0.1) is 0 Å². The zero-order chi connectivity index (χ0) is 12.5. The van der Waals surface area contributed by atoms with Crippen LogP contribution in [0, 0.1) is 5.92 Å². The summed E-state index contributed by atoms with van der Waals surface area (Å²) >= 11 is 0. The topological polar surface area (TPSA) is 47.3 Å². The highest BCUT2D eigenvalue weighted by molar-refractivity contribution is 5.04. The highest BCUT2D eigenvalue weighted by Crippen LogP contribution is 2.07. The van der Waals surface area contributed by atoms with Gasteiger partial charge in [0.25, 0.3) is 0 Å². The van der Waals surface area contributed by atoms with Gasteiger partial charge in [-0.2, -0.15) is 0 Å². The van der Waals surface area contributed by atoms with E-state index in [1.165, 1.54) is 6.42 Å². The summed E-state index contributed by atoms with van der Waals surface area (Å²) in [5.41, 5.74) is 0.938. The number of aromatic nitrogens is 1. The molecule has 1 rings (SSSR count). The van der Waals surface area contributed by atoms with E-state index < -0.39 is 0 Å². The number of hydrogen-bond acceptors (Lipinski definition) is 4. The first-order valence-electron chi connectivity index (χ1n) is 6.45. The summed E-state index contributed by atoms with van der Waals surface area (Å²) in [4.78, 5) is 0. The van der Waals surface area contributed by atoms with E-state index >= 15 is 0 Å². The van der Waals surface area contributed by atoms with Crippen LogP contribution in [-0.2, 0) is 17.9 Å². The smallest absolute Gasteiger partial charge is 0.162 e. The molecular formula is C13H24N2O2. The molecule has 0 aromatic carbocycles. The minimum absolute atomic E-state index is 0.525. The Morgan fingerprint density at radius 2 is 2.29 bits per heavy atom. The highest BCUT2D eigenvalue weighted by atomic mass is 16.5. The number of nitrogens with zero attached hydrogens (tertiary/aromatic N) is 1. The maximum absolute atomic E-state index is 5.53. The number of ether oxygens (including phenoxy) is 1. The first-order valence-corrected chi connectivity index (χ1v) is 6.45. The Kier molecular flexibility index (Phi) is 6.89. The summed E-state index contributed by atoms with van der Waals surface area (Å²) in [6.45, 7) is 9.53. The minimum Gasteiger partial charge on any atom is -0.373 e. The van der Waals surface area contributed by atoms with E-state index in [4.69, 9.17) is 9.26 Å². The lowest BCUT2D eigenvalue weighted by Crippen LogP contribution is -2.11. The average molecular weight is 240 g/mol. The Labute approximate surface area is 104 Å². The highest BCUT2D eigenvalue weighted by Gasteiger charge is 2.03. The van der Waals surface area contributed by atoms with Crippen LogP contribution < -0.4 is 5.32 Å². The van der Waals surface area contributed by atoms with Crippen molar-refractivity contribution in [2.24, 2.45) is 5.92 Å². The number of hydrogen-bond donors (Lipinski definition) is 1. The Hall–Kier alpha value is -0.870. The van der Waals surface area contributed by atoms with Crippen molar-refractivity contribution in [2.45, 2.75) is 46.8 Å². The molecule has 98 valence electrons. The van der Waals surface area contributed by atoms with Gasteiger partial charge in [-0.05, 0) is 25.3 Å². The molecule has 0 bridgehead atoms. The van der Waals surface area contributed by atoms with Crippen LogP contribution in [0.2, 0.25) is 0 Å². The molecule has 4 heteroatoms. The number of rotatable bonds is 9. The third kappa shape index (κ3) is 6.44. The molecule has 0 aliphatic carbocycles. The molecule has 0 fully saturated rings. The Morgan fingerprint density at radius 3 is 3.00 bits per heavy atom. The van der Waals surface area contributed by atoms with Gasteiger partial charge in [-0.25, -0.2) is 0 Å². The monoisotopic (exact) mass is 240 g/mol. The maximum atomic E-state index is 5.53. The lowest BCUT2D eigenvalue weighted by Gasteiger charge is -2.04. The molecule has 1 aromatic heterocycles. The van der Waals surface area contributed by atoms with Crippen LogP contribution in [0.3, 0.4) is 0 Å². The van der Waals surface area contributed by atoms with Gasteiger partial charge in [0.05, 0.1) is 5.69 Å². The normalized spacial score (nSPS) is 11.3. The Balaban J connectivity index is 2.12. The third-order valence-corrected chi connectivity index (χ3v) is 2.48. The van der Waals surface area contributed by atoms with Crippen LogP contribution in [0.5, 0.6) is 0 Å². The van der Waals surface area contributed by atoms with Crippen LogP contribution in [-0.4, -0.2) is 18.3 Å². The predicted molar refractivity (Wildman–Crippen MR) is 67.6 cm³/mol. The minimum atomic E-state index is 0.525. The van der Waals surface area contributed by atoms with Crippen molar-refractivity contribution in [3.05, 3.63) is 17.5 Å². The summed E-state index contributed by atoms with van der Waals surface area (Å²) in [5, 5.41) is 7.17. The lowest BCUT2D eigenvalue weighted by molar-refractivity contribution is 0.0960. The second-order valence-electron chi connectivity index (χ2n) is 4.65. The van der Waals surface area contributed by atoms with Crippen LogP contribution >= 0.6 is 0 Å². The van der Waals surface area contributed by atoms with Gasteiger partial charge < -0.3 is 14.6 Å². The van der Waals surface area contributed by atoms with Gasteiger partial charge in [0.2, 0.25) is 0 Å². The second kappa shape index (κ2) is 8.25. The largest absolute Gasteiger partial charge is 0.373 e. The average Bonchev–Trinajstić information content (AvgIpc) is 2.73. The molecule has 0 saturated heterocycles. The fraction of sp³-hybridized carbons (Fsp3) is 0.769. The molecule has 0 unspecified atom stereocenters. The number of nitrogens with one attached hydrogen (secondary N) is 1. The van der Waals surface area contributed by atoms with Crippen molar-refractivity contribution in [3.8, 4) is 0 Å². The quantitative estimate of drug-likeness (QED) is 0.674. The van der Waals surface area contributed by atoms with Gasteiger partial charge in [0, 0.05) is 19.2 Å². The fourth-order valence-corrected chi connectivity index (χ4v) is 1.53. The van der Waals surface area contributed by atoms with Crippen molar-refractivity contribution in [2.75, 3.05) is 13.2 Å². The first-order chi connectivity index (χ1) is 8.22. The molecule has 17 heavy (non-hydrogen) atoms. The van der Waals surface area contributed by atoms with Crippen molar-refractivity contribution in [1.29, 1.82) is 0 Å². The van der Waals surface area contributed by atoms with Crippen LogP contribution in [0.25, 0.3) is 0 Å². The van der Waals surface area contributed by atoms with E-state index in [0.717, 1.165) is 43.5 Å². The van der Waals surface area contributed by atoms with Crippen molar-refractivity contribution in [1.82, 2.24) is 10.5 Å². The van der Waals surface area contributed by atoms with E-state index in [9.17, 15) is 0 Å². The molecule has 1 heterocycles. The summed E-state index contributed by atoms with van der Waals surface area (Å²) in [6.07, 6.45) is 2.32. The van der Waals surface area contributed by atoms with E-state index in [1.54, 1.807) is 0 Å². The van der Waals surface area contributed by atoms with E-state index in [1.807, 2.05) is 6.07 Å². The van der Waals surface area contributed by atoms with Gasteiger partial charge in [0.1, 0.15) is 6.61 Å². The van der Waals surface area contributed by atoms with E-state index in [-0.39, 0.29) is 0 Å². The maximum Gasteiger partial charge on any atom is 0.162 e. The standard InChI is InChI=1S/C13H24N2O2/c1-4-14-9-12-8-13(17-15-12)10-16-7-5-6-11(2)3/h8,11,14H,4-7,9-10H2,1-3H3. The molecule has 0 radical (unpaired) electrons. The molecule has 0 atom stereocenters. The van der Waals surface area contributed by atoms with E-state index in [2.05, 4.69) is 31.2 Å². The summed E-state index contributed by atoms with van der Waals surface area (Å²) in [6, 6.07) is 1.95. The molecule has 1 N–H and O–H groups in total. The summed E-state index contributed by atoms with van der Waals surface area (Å²) in [7, 11) is 0. The summed E-state index contributed by atoms with van der Waals surface area (Å²) < 4.78 is 10.7. The first kappa shape index (κ1) is 14.2. The summed E-state index contributed by atoms with van der Waals surface area (Å²) in [5.74, 6) is 1.55.